The molecule has 2 aromatic rings. The van der Waals surface area contributed by atoms with Gasteiger partial charge in [-0.15, -0.1) is 0 Å². The molecule has 5 rings (SSSR count). The van der Waals surface area contributed by atoms with Crippen molar-refractivity contribution in [2.24, 2.45) is 0 Å². The summed E-state index contributed by atoms with van der Waals surface area (Å²) in [5.41, 5.74) is -0.618. The monoisotopic (exact) mass is 597 g/mol. The highest BCUT2D eigenvalue weighted by molar-refractivity contribution is 5.88. The first kappa shape index (κ1) is 32.3. The van der Waals surface area contributed by atoms with E-state index in [0.717, 1.165) is 32.1 Å². The Hall–Kier alpha value is -2.57. The topological polar surface area (TPSA) is 61.8 Å². The lowest BCUT2D eigenvalue weighted by atomic mass is 9.85. The third kappa shape index (κ3) is 6.97. The van der Waals surface area contributed by atoms with Crippen LogP contribution in [0.25, 0.3) is 0 Å². The number of carbonyl (C=O) groups is 2. The van der Waals surface area contributed by atoms with Gasteiger partial charge in [0.15, 0.2) is 0 Å². The summed E-state index contributed by atoms with van der Waals surface area (Å²) < 4.78 is 19.2. The molecule has 0 aromatic heterocycles. The van der Waals surface area contributed by atoms with Crippen LogP contribution < -0.4 is 12.4 Å². The third-order valence-electron chi connectivity index (χ3n) is 9.88. The first-order valence-corrected chi connectivity index (χ1v) is 16.1. The number of piperidine rings is 1. The number of halogens is 1. The highest BCUT2D eigenvalue weighted by Gasteiger charge is 2.57. The lowest BCUT2D eigenvalue weighted by molar-refractivity contribution is -0.956. The van der Waals surface area contributed by atoms with E-state index in [1.807, 2.05) is 60.7 Å². The molecule has 6 nitrogen and oxygen atoms in total. The molecule has 2 bridgehead atoms. The molecule has 2 unspecified atom stereocenters. The van der Waals surface area contributed by atoms with E-state index in [4.69, 9.17) is 14.2 Å². The Balaban J connectivity index is 0.00000405. The molecule has 2 atom stereocenters. The van der Waals surface area contributed by atoms with E-state index in [-0.39, 0.29) is 25.1 Å². The number of ether oxygens (including phenoxy) is 3. The molecule has 0 radical (unpaired) electrons. The normalized spacial score (nSPS) is 22.4. The van der Waals surface area contributed by atoms with Crippen LogP contribution in [0.4, 0.5) is 4.79 Å². The average Bonchev–Trinajstić information content (AvgIpc) is 3.54. The molecule has 3 heterocycles. The molecule has 3 aliphatic rings. The average molecular weight is 598 g/mol. The third-order valence-corrected chi connectivity index (χ3v) is 9.88. The van der Waals surface area contributed by atoms with Gasteiger partial charge in [0.25, 0.3) is 5.60 Å². The van der Waals surface area contributed by atoms with Crippen LogP contribution in [0.3, 0.4) is 0 Å². The number of carbonyl (C=O) groups excluding carboxylic acids is 2. The molecule has 1 spiro atoms. The molecule has 2 aromatic carbocycles. The first-order valence-electron chi connectivity index (χ1n) is 16.1. The minimum atomic E-state index is -1.74. The maximum absolute atomic E-state index is 14.4. The number of nitrogens with zero attached hydrogens (tertiary/aromatic N) is 1. The van der Waals surface area contributed by atoms with Crippen LogP contribution in [-0.2, 0) is 24.6 Å². The van der Waals surface area contributed by atoms with Gasteiger partial charge in [-0.2, -0.15) is 0 Å². The van der Waals surface area contributed by atoms with Crippen LogP contribution in [0.5, 0.6) is 0 Å². The maximum Gasteiger partial charge on any atom is 0.510 e. The number of rotatable bonds is 13. The number of hydrogen-bond acceptors (Lipinski definition) is 5. The van der Waals surface area contributed by atoms with Crippen LogP contribution in [0, 0.1) is 0 Å². The Bertz CT molecular complexity index is 1070. The van der Waals surface area contributed by atoms with E-state index in [1.165, 1.54) is 68.9 Å². The summed E-state index contributed by atoms with van der Waals surface area (Å²) in [6.07, 6.45) is 13.6. The molecule has 0 saturated carbocycles. The Kier molecular flexibility index (Phi) is 11.7. The van der Waals surface area contributed by atoms with E-state index in [0.29, 0.717) is 23.2 Å². The summed E-state index contributed by atoms with van der Waals surface area (Å²) in [6, 6.07) is 19.6. The van der Waals surface area contributed by atoms with Crippen molar-refractivity contribution < 1.29 is 40.7 Å². The summed E-state index contributed by atoms with van der Waals surface area (Å²) >= 11 is 0. The first-order chi connectivity index (χ1) is 20.1. The second-order valence-electron chi connectivity index (χ2n) is 12.4. The fourth-order valence-electron chi connectivity index (χ4n) is 7.82. The van der Waals surface area contributed by atoms with Crippen molar-refractivity contribution >= 4 is 12.1 Å². The molecule has 3 aliphatic heterocycles. The zero-order chi connectivity index (χ0) is 28.5. The molecular weight excluding hydrogens is 550 g/mol. The largest absolute Gasteiger partial charge is 1.00 e. The van der Waals surface area contributed by atoms with Crippen molar-refractivity contribution in [1.29, 1.82) is 0 Å². The number of hydrogen-bond donors (Lipinski definition) is 0. The number of benzene rings is 2. The van der Waals surface area contributed by atoms with E-state index in [1.54, 1.807) is 0 Å². The zero-order valence-corrected chi connectivity index (χ0v) is 25.9. The van der Waals surface area contributed by atoms with Gasteiger partial charge in [0, 0.05) is 49.7 Å². The van der Waals surface area contributed by atoms with Gasteiger partial charge in [0.2, 0.25) is 0 Å². The zero-order valence-electron chi connectivity index (χ0n) is 25.2. The van der Waals surface area contributed by atoms with Crippen LogP contribution in [0.15, 0.2) is 60.7 Å². The van der Waals surface area contributed by atoms with Crippen LogP contribution in [-0.4, -0.2) is 54.5 Å². The van der Waals surface area contributed by atoms with Gasteiger partial charge in [-0.1, -0.05) is 106 Å². The Morgan fingerprint density at radius 3 is 1.86 bits per heavy atom. The number of unbranched alkanes of at least 4 members (excludes halogenated alkanes) is 6. The summed E-state index contributed by atoms with van der Waals surface area (Å²) in [6.45, 7) is 5.01. The van der Waals surface area contributed by atoms with Crippen molar-refractivity contribution in [3.8, 4) is 0 Å². The second-order valence-corrected chi connectivity index (χ2v) is 12.4. The van der Waals surface area contributed by atoms with Crippen molar-refractivity contribution in [2.75, 3.05) is 19.7 Å². The molecule has 0 aliphatic carbocycles. The number of quaternary nitrogens is 1. The molecule has 3 fully saturated rings. The quantitative estimate of drug-likeness (QED) is 0.191. The van der Waals surface area contributed by atoms with Gasteiger partial charge in [0.05, 0.1) is 31.8 Å². The van der Waals surface area contributed by atoms with Gasteiger partial charge in [0.1, 0.15) is 6.10 Å². The smallest absolute Gasteiger partial charge is 0.510 e. The summed E-state index contributed by atoms with van der Waals surface area (Å²) in [5, 5.41) is 0. The van der Waals surface area contributed by atoms with Gasteiger partial charge in [-0.3, -0.25) is 0 Å². The van der Waals surface area contributed by atoms with E-state index < -0.39 is 17.7 Å². The standard InChI is InChI=1S/C35H48NO5.ClH/c1-2-3-4-5-6-7-16-25-39-34(38)41-35(28-17-10-8-11-18-28,29-19-12-9-13-20-29)33(37)40-32-26-30-21-22-31(27-32)36(30)23-14-15-24-36;/h8-13,17-20,30-32H,2-7,14-16,21-27H2,1H3;1H/q+1;/p-1. The molecule has 230 valence electrons. The van der Waals surface area contributed by atoms with Gasteiger partial charge in [-0.05, 0) is 6.42 Å². The molecule has 7 heteroatoms. The lowest BCUT2D eigenvalue weighted by Gasteiger charge is -2.47. The van der Waals surface area contributed by atoms with Crippen LogP contribution >= 0.6 is 0 Å². The summed E-state index contributed by atoms with van der Waals surface area (Å²) in [5.74, 6) is -0.540. The van der Waals surface area contributed by atoms with Crippen LogP contribution in [0.1, 0.15) is 102 Å². The predicted octanol–water partition coefficient (Wildman–Crippen LogP) is 4.69. The van der Waals surface area contributed by atoms with Crippen LogP contribution in [0.2, 0.25) is 0 Å². The Morgan fingerprint density at radius 2 is 1.31 bits per heavy atom. The van der Waals surface area contributed by atoms with E-state index in [9.17, 15) is 9.59 Å². The molecule has 0 N–H and O–H groups in total. The molecule has 42 heavy (non-hydrogen) atoms. The predicted molar refractivity (Wildman–Crippen MR) is 159 cm³/mol. The molecular formula is C35H48ClNO5. The van der Waals surface area contributed by atoms with E-state index in [2.05, 4.69) is 6.92 Å². The minimum Gasteiger partial charge on any atom is -1.00 e. The molecule has 0 amide bonds. The lowest BCUT2D eigenvalue weighted by Crippen LogP contribution is -3.00. The highest BCUT2D eigenvalue weighted by Crippen LogP contribution is 2.47. The highest BCUT2D eigenvalue weighted by atomic mass is 35.5. The van der Waals surface area contributed by atoms with Crippen molar-refractivity contribution in [3.05, 3.63) is 71.8 Å². The fourth-order valence-corrected chi connectivity index (χ4v) is 7.82. The van der Waals surface area contributed by atoms with Crippen molar-refractivity contribution in [3.63, 3.8) is 0 Å². The molecule has 3 saturated heterocycles. The minimum absolute atomic E-state index is 0. The summed E-state index contributed by atoms with van der Waals surface area (Å²) in [7, 11) is 0. The summed E-state index contributed by atoms with van der Waals surface area (Å²) in [4.78, 5) is 27.6. The fraction of sp³-hybridized carbons (Fsp3) is 0.600. The Morgan fingerprint density at radius 1 is 0.786 bits per heavy atom. The van der Waals surface area contributed by atoms with E-state index >= 15 is 0 Å². The SMILES string of the molecule is CCCCCCCCCOC(=O)OC(C(=O)OC1CC2CCC(C1)[N+]21CCCC1)(c1ccccc1)c1ccccc1.[Cl-]. The maximum atomic E-state index is 14.4. The van der Waals surface area contributed by atoms with Crippen molar-refractivity contribution in [2.45, 2.75) is 114 Å². The Labute approximate surface area is 258 Å². The van der Waals surface area contributed by atoms with Gasteiger partial charge < -0.3 is 31.1 Å². The number of esters is 1. The van der Waals surface area contributed by atoms with Crippen molar-refractivity contribution in [1.82, 2.24) is 0 Å². The van der Waals surface area contributed by atoms with Gasteiger partial charge in [-0.25, -0.2) is 9.59 Å². The van der Waals surface area contributed by atoms with Gasteiger partial charge >= 0.3 is 12.1 Å². The second kappa shape index (κ2) is 15.2.